The molecule has 2 saturated heterocycles. The Morgan fingerprint density at radius 2 is 1.63 bits per heavy atom. The first-order valence-electron chi connectivity index (χ1n) is 16.2. The number of hydrogen-bond acceptors (Lipinski definition) is 8. The van der Waals surface area contributed by atoms with Gasteiger partial charge in [0.05, 0.1) is 12.1 Å². The molecule has 1 aromatic carbocycles. The molecule has 9 nitrogen and oxygen atoms in total. The number of carbonyl (C=O) groups is 1. The van der Waals surface area contributed by atoms with Gasteiger partial charge in [-0.2, -0.15) is 4.98 Å². The summed E-state index contributed by atoms with van der Waals surface area (Å²) in [6.45, 7) is 7.32. The van der Waals surface area contributed by atoms with Crippen LogP contribution in [0, 0.1) is 17.8 Å². The van der Waals surface area contributed by atoms with Crippen LogP contribution >= 0.6 is 11.6 Å². The number of rotatable bonds is 7. The third-order valence-electron chi connectivity index (χ3n) is 10.9. The van der Waals surface area contributed by atoms with Crippen molar-refractivity contribution in [3.63, 3.8) is 0 Å². The van der Waals surface area contributed by atoms with Crippen molar-refractivity contribution in [2.45, 2.75) is 63.1 Å². The predicted molar refractivity (Wildman–Crippen MR) is 172 cm³/mol. The number of anilines is 3. The van der Waals surface area contributed by atoms with Gasteiger partial charge >= 0.3 is 0 Å². The second kappa shape index (κ2) is 12.3. The summed E-state index contributed by atoms with van der Waals surface area (Å²) in [5.74, 6) is 0.920. The zero-order chi connectivity index (χ0) is 29.5. The van der Waals surface area contributed by atoms with E-state index in [0.717, 1.165) is 31.0 Å². The van der Waals surface area contributed by atoms with Crippen LogP contribution < -0.4 is 16.4 Å². The first-order chi connectivity index (χ1) is 20.9. The molecule has 1 unspecified atom stereocenters. The molecule has 0 spiro atoms. The van der Waals surface area contributed by atoms with Crippen molar-refractivity contribution in [2.75, 3.05) is 56.9 Å². The largest absolute Gasteiger partial charge is 0.369 e. The van der Waals surface area contributed by atoms with Crippen molar-refractivity contribution in [1.82, 2.24) is 24.7 Å². The minimum absolute atomic E-state index is 0.106. The monoisotopic (exact) mass is 604 g/mol. The molecule has 3 fully saturated rings. The van der Waals surface area contributed by atoms with E-state index in [4.69, 9.17) is 22.3 Å². The van der Waals surface area contributed by atoms with Crippen molar-refractivity contribution < 1.29 is 4.79 Å². The number of likely N-dealkylation sites (tertiary alicyclic amines) is 1. The molecule has 5 aliphatic rings. The third-order valence-corrected chi connectivity index (χ3v) is 11.1. The molecule has 4 N–H and O–H groups in total. The van der Waals surface area contributed by atoms with Gasteiger partial charge in [-0.3, -0.25) is 9.69 Å². The number of benzene rings is 1. The lowest BCUT2D eigenvalue weighted by Crippen LogP contribution is -2.53. The Hall–Kier alpha value is -2.72. The van der Waals surface area contributed by atoms with Gasteiger partial charge in [-0.1, -0.05) is 29.8 Å². The lowest BCUT2D eigenvalue weighted by Gasteiger charge is -2.44. The number of carbonyl (C=O) groups excluding carboxylic acids is 1. The Morgan fingerprint density at radius 1 is 0.930 bits per heavy atom. The minimum atomic E-state index is -0.278. The van der Waals surface area contributed by atoms with Gasteiger partial charge in [0, 0.05) is 50.0 Å². The Labute approximate surface area is 260 Å². The lowest BCUT2D eigenvalue weighted by atomic mass is 9.88. The number of nitrogens with two attached hydrogens (primary N) is 1. The fourth-order valence-electron chi connectivity index (χ4n) is 8.36. The average Bonchev–Trinajstić information content (AvgIpc) is 3.55. The second-order valence-corrected chi connectivity index (χ2v) is 13.8. The number of halogens is 1. The number of likely N-dealkylation sites (N-methyl/N-ethyl adjacent to an activating group) is 1. The molecule has 3 aliphatic carbocycles. The number of nitrogens with zero attached hydrogens (tertiary/aromatic N) is 5. The first kappa shape index (κ1) is 29.0. The zero-order valence-corrected chi connectivity index (χ0v) is 26.0. The standard InChI is InChI=1S/C33H45ClN8O/c1-40-14-16-42(17-15-40)27-10-12-41(13-11-27)26-8-5-21-4-7-25(19-22(21)6-9-26)37-33-36-20-28(34)32(39-33)38-30-24-3-2-23(18-24)29(30)31(35)43/h2-4,7,19-20,23-24,26-27,29-30H,5-6,8-18H2,1H3,(H2,35,43)(H2,36,37,38,39)/t23-,24+,26?,29+,30-/m1/s1. The van der Waals surface area contributed by atoms with E-state index in [2.05, 4.69) is 67.7 Å². The number of piperidine rings is 1. The molecule has 10 heteroatoms. The number of fused-ring (bicyclic) bond motifs is 3. The van der Waals surface area contributed by atoms with Crippen LogP contribution in [0.4, 0.5) is 17.5 Å². The number of hydrogen-bond donors (Lipinski definition) is 3. The molecule has 5 atom stereocenters. The summed E-state index contributed by atoms with van der Waals surface area (Å²) in [7, 11) is 2.24. The first-order valence-corrected chi connectivity index (χ1v) is 16.6. The van der Waals surface area contributed by atoms with Gasteiger partial charge in [-0.05, 0) is 100 Å². The van der Waals surface area contributed by atoms with Crippen molar-refractivity contribution in [3.8, 4) is 0 Å². The van der Waals surface area contributed by atoms with Crippen LogP contribution in [0.25, 0.3) is 0 Å². The summed E-state index contributed by atoms with van der Waals surface area (Å²) in [4.78, 5) is 29.3. The minimum Gasteiger partial charge on any atom is -0.369 e. The number of aromatic nitrogens is 2. The summed E-state index contributed by atoms with van der Waals surface area (Å²) in [6.07, 6.45) is 14.1. The molecular weight excluding hydrogens is 560 g/mol. The second-order valence-electron chi connectivity index (χ2n) is 13.4. The molecule has 3 heterocycles. The van der Waals surface area contributed by atoms with E-state index in [1.54, 1.807) is 6.20 Å². The molecule has 1 aromatic heterocycles. The maximum absolute atomic E-state index is 12.2. The van der Waals surface area contributed by atoms with Crippen molar-refractivity contribution in [2.24, 2.45) is 23.5 Å². The highest BCUT2D eigenvalue weighted by Gasteiger charge is 2.47. The number of aryl methyl sites for hydroxylation is 2. The van der Waals surface area contributed by atoms with Crippen LogP contribution in [0.1, 0.15) is 43.2 Å². The highest BCUT2D eigenvalue weighted by Crippen LogP contribution is 2.45. The molecular formula is C33H45ClN8O. The number of amides is 1. The van der Waals surface area contributed by atoms with E-state index in [1.807, 2.05) is 0 Å². The lowest BCUT2D eigenvalue weighted by molar-refractivity contribution is -0.122. The van der Waals surface area contributed by atoms with Crippen molar-refractivity contribution >= 4 is 35.0 Å². The molecule has 1 amide bonds. The molecule has 1 saturated carbocycles. The summed E-state index contributed by atoms with van der Waals surface area (Å²) >= 11 is 6.49. The van der Waals surface area contributed by atoms with E-state index >= 15 is 0 Å². The smallest absolute Gasteiger partial charge is 0.229 e. The number of primary amides is 1. The van der Waals surface area contributed by atoms with Crippen LogP contribution in [0.2, 0.25) is 5.02 Å². The molecule has 230 valence electrons. The Bertz CT molecular complexity index is 1350. The van der Waals surface area contributed by atoms with Crippen LogP contribution in [0.15, 0.2) is 36.5 Å². The van der Waals surface area contributed by atoms with E-state index < -0.39 is 0 Å². The third kappa shape index (κ3) is 6.14. The highest BCUT2D eigenvalue weighted by molar-refractivity contribution is 6.32. The van der Waals surface area contributed by atoms with Gasteiger partial charge in [-0.25, -0.2) is 4.98 Å². The molecule has 43 heavy (non-hydrogen) atoms. The van der Waals surface area contributed by atoms with Crippen molar-refractivity contribution in [1.29, 1.82) is 0 Å². The average molecular weight is 605 g/mol. The van der Waals surface area contributed by atoms with Gasteiger partial charge in [0.2, 0.25) is 11.9 Å². The zero-order valence-electron chi connectivity index (χ0n) is 25.2. The molecule has 2 aliphatic heterocycles. The highest BCUT2D eigenvalue weighted by atomic mass is 35.5. The van der Waals surface area contributed by atoms with Crippen molar-refractivity contribution in [3.05, 3.63) is 52.7 Å². The van der Waals surface area contributed by atoms with Gasteiger partial charge < -0.3 is 26.2 Å². The van der Waals surface area contributed by atoms with E-state index in [1.165, 1.54) is 76.1 Å². The molecule has 7 rings (SSSR count). The van der Waals surface area contributed by atoms with Gasteiger partial charge in [0.1, 0.15) is 5.02 Å². The van der Waals surface area contributed by atoms with Crippen LogP contribution in [0.5, 0.6) is 0 Å². The summed E-state index contributed by atoms with van der Waals surface area (Å²) in [6, 6.07) is 8.00. The fraction of sp³-hybridized carbons (Fsp3) is 0.606. The summed E-state index contributed by atoms with van der Waals surface area (Å²) in [5.41, 5.74) is 9.62. The normalized spacial score (nSPS) is 30.2. The number of nitrogens with one attached hydrogen (secondary N) is 2. The van der Waals surface area contributed by atoms with E-state index in [-0.39, 0.29) is 29.7 Å². The number of piperazine rings is 1. The van der Waals surface area contributed by atoms with Gasteiger partial charge in [0.25, 0.3) is 0 Å². The molecule has 0 radical (unpaired) electrons. The maximum atomic E-state index is 12.2. The Morgan fingerprint density at radius 3 is 2.40 bits per heavy atom. The molecule has 2 aromatic rings. The van der Waals surface area contributed by atoms with Crippen LogP contribution in [-0.2, 0) is 17.6 Å². The summed E-state index contributed by atoms with van der Waals surface area (Å²) < 4.78 is 0. The maximum Gasteiger partial charge on any atom is 0.229 e. The quantitative estimate of drug-likeness (QED) is 0.323. The summed E-state index contributed by atoms with van der Waals surface area (Å²) in [5, 5.41) is 7.27. The fourth-order valence-corrected chi connectivity index (χ4v) is 8.51. The Kier molecular flexibility index (Phi) is 8.33. The van der Waals surface area contributed by atoms with Crippen LogP contribution in [-0.4, -0.2) is 95.0 Å². The topological polar surface area (TPSA) is 103 Å². The SMILES string of the molecule is CN1CCN(C2CCN(C3CCc4ccc(Nc5ncc(Cl)c(N[C@H]6[C@@H](C(N)=O)[C@@H]7C=C[C@H]6C7)n5)cc4CC3)CC2)CC1. The van der Waals surface area contributed by atoms with E-state index in [0.29, 0.717) is 22.8 Å². The number of allylic oxidation sites excluding steroid dienone is 1. The van der Waals surface area contributed by atoms with Gasteiger partial charge in [-0.15, -0.1) is 0 Å². The molecule has 2 bridgehead atoms. The van der Waals surface area contributed by atoms with Crippen LogP contribution in [0.3, 0.4) is 0 Å². The van der Waals surface area contributed by atoms with Gasteiger partial charge in [0.15, 0.2) is 5.82 Å². The van der Waals surface area contributed by atoms with E-state index in [9.17, 15) is 4.79 Å². The Balaban J connectivity index is 0.962. The predicted octanol–water partition coefficient (Wildman–Crippen LogP) is 3.92.